The van der Waals surface area contributed by atoms with Crippen LogP contribution in [0.2, 0.25) is 0 Å². The quantitative estimate of drug-likeness (QED) is 0.0361. The lowest BCUT2D eigenvalue weighted by Crippen LogP contribution is -2.23. The van der Waals surface area contributed by atoms with Crippen molar-refractivity contribution in [2.24, 2.45) is 5.92 Å². The number of carbonyl (C=O) groups is 4. The molecule has 9 heteroatoms. The van der Waals surface area contributed by atoms with Crippen LogP contribution in [0.1, 0.15) is 272 Å². The average molecular weight is 867 g/mol. The predicted molar refractivity (Wildman–Crippen MR) is 250 cm³/mol. The SMILES string of the molecule is CCCCCCCCC(CCCCCC)OC(=O)CCCCCCC(=O)OCC(CO)COC(=O)CCCCCCC(=O)OC(CCCCCCCC)CCCCCCCC. The Hall–Kier alpha value is -2.16. The van der Waals surface area contributed by atoms with Crippen molar-refractivity contribution in [1.29, 1.82) is 0 Å². The van der Waals surface area contributed by atoms with Crippen molar-refractivity contribution in [3.63, 3.8) is 0 Å². The van der Waals surface area contributed by atoms with Crippen molar-refractivity contribution in [2.75, 3.05) is 19.8 Å². The number of unbranched alkanes of at least 4 members (excludes halogenated alkanes) is 24. The summed E-state index contributed by atoms with van der Waals surface area (Å²) in [6, 6.07) is 0. The third-order valence-corrected chi connectivity index (χ3v) is 11.9. The third-order valence-electron chi connectivity index (χ3n) is 11.9. The number of rotatable bonds is 47. The molecule has 0 aromatic rings. The van der Waals surface area contributed by atoms with Gasteiger partial charge in [-0.15, -0.1) is 0 Å². The van der Waals surface area contributed by atoms with E-state index in [1.165, 1.54) is 116 Å². The lowest BCUT2D eigenvalue weighted by atomic mass is 10.0. The number of aliphatic hydroxyl groups excluding tert-OH is 1. The maximum absolute atomic E-state index is 12.7. The summed E-state index contributed by atoms with van der Waals surface area (Å²) in [4.78, 5) is 49.9. The van der Waals surface area contributed by atoms with Crippen LogP contribution in [0.15, 0.2) is 0 Å². The molecule has 0 bridgehead atoms. The summed E-state index contributed by atoms with van der Waals surface area (Å²) in [5, 5.41) is 9.75. The molecule has 0 aromatic carbocycles. The minimum Gasteiger partial charge on any atom is -0.465 e. The first-order valence-corrected chi connectivity index (χ1v) is 26.1. The van der Waals surface area contributed by atoms with Gasteiger partial charge in [0.15, 0.2) is 0 Å². The second-order valence-electron chi connectivity index (χ2n) is 18.0. The molecular weight excluding hydrogens is 769 g/mol. The third kappa shape index (κ3) is 41.6. The minimum atomic E-state index is -0.465. The van der Waals surface area contributed by atoms with Crippen molar-refractivity contribution in [1.82, 2.24) is 0 Å². The van der Waals surface area contributed by atoms with Crippen molar-refractivity contribution < 1.29 is 43.2 Å². The number of ether oxygens (including phenoxy) is 4. The number of hydrogen-bond donors (Lipinski definition) is 1. The van der Waals surface area contributed by atoms with Gasteiger partial charge in [0.1, 0.15) is 12.2 Å². The van der Waals surface area contributed by atoms with Gasteiger partial charge in [0.25, 0.3) is 0 Å². The fourth-order valence-corrected chi connectivity index (χ4v) is 7.77. The van der Waals surface area contributed by atoms with E-state index in [9.17, 15) is 24.3 Å². The van der Waals surface area contributed by atoms with Crippen molar-refractivity contribution in [3.8, 4) is 0 Å². The van der Waals surface area contributed by atoms with Crippen LogP contribution in [0.25, 0.3) is 0 Å². The number of esters is 4. The molecule has 2 atom stereocenters. The Morgan fingerprint density at radius 3 is 0.885 bits per heavy atom. The van der Waals surface area contributed by atoms with Gasteiger partial charge in [-0.25, -0.2) is 0 Å². The summed E-state index contributed by atoms with van der Waals surface area (Å²) >= 11 is 0. The molecular formula is C52H98O9. The molecule has 0 aliphatic heterocycles. The zero-order valence-electron chi connectivity index (χ0n) is 40.4. The van der Waals surface area contributed by atoms with Crippen LogP contribution in [-0.4, -0.2) is 61.0 Å². The normalized spacial score (nSPS) is 12.4. The van der Waals surface area contributed by atoms with Crippen LogP contribution in [-0.2, 0) is 38.1 Å². The van der Waals surface area contributed by atoms with Gasteiger partial charge in [0, 0.05) is 25.7 Å². The van der Waals surface area contributed by atoms with E-state index in [0.29, 0.717) is 25.7 Å². The molecule has 0 spiro atoms. The summed E-state index contributed by atoms with van der Waals surface area (Å²) in [5.41, 5.74) is 0. The van der Waals surface area contributed by atoms with E-state index in [0.717, 1.165) is 89.9 Å². The molecule has 0 saturated heterocycles. The summed E-state index contributed by atoms with van der Waals surface area (Å²) in [6.45, 7) is 8.67. The lowest BCUT2D eigenvalue weighted by Gasteiger charge is -2.18. The highest BCUT2D eigenvalue weighted by molar-refractivity contribution is 5.70. The predicted octanol–water partition coefficient (Wildman–Crippen LogP) is 14.4. The molecule has 2 unspecified atom stereocenters. The molecule has 0 fully saturated rings. The largest absolute Gasteiger partial charge is 0.465 e. The molecule has 61 heavy (non-hydrogen) atoms. The maximum Gasteiger partial charge on any atom is 0.306 e. The lowest BCUT2D eigenvalue weighted by molar-refractivity contribution is -0.151. The van der Waals surface area contributed by atoms with Gasteiger partial charge in [-0.3, -0.25) is 19.2 Å². The molecule has 0 aliphatic carbocycles. The molecule has 0 amide bonds. The highest BCUT2D eigenvalue weighted by atomic mass is 16.6. The van der Waals surface area contributed by atoms with E-state index in [1.807, 2.05) is 0 Å². The van der Waals surface area contributed by atoms with Gasteiger partial charge in [-0.05, 0) is 77.0 Å². The minimum absolute atomic E-state index is 0.00167. The molecule has 0 aromatic heterocycles. The highest BCUT2D eigenvalue weighted by Crippen LogP contribution is 2.20. The second kappa shape index (κ2) is 45.9. The molecule has 0 heterocycles. The topological polar surface area (TPSA) is 125 Å². The monoisotopic (exact) mass is 867 g/mol. The first kappa shape index (κ1) is 58.8. The Kier molecular flexibility index (Phi) is 44.2. The summed E-state index contributed by atoms with van der Waals surface area (Å²) in [7, 11) is 0. The van der Waals surface area contributed by atoms with Crippen molar-refractivity contribution in [2.45, 2.75) is 284 Å². The molecule has 0 saturated carbocycles. The van der Waals surface area contributed by atoms with Crippen LogP contribution in [0.3, 0.4) is 0 Å². The molecule has 360 valence electrons. The van der Waals surface area contributed by atoms with Crippen LogP contribution in [0.4, 0.5) is 0 Å². The van der Waals surface area contributed by atoms with Crippen LogP contribution < -0.4 is 0 Å². The van der Waals surface area contributed by atoms with Gasteiger partial charge >= 0.3 is 23.9 Å². The van der Waals surface area contributed by atoms with Crippen LogP contribution in [0, 0.1) is 5.92 Å². The van der Waals surface area contributed by atoms with Crippen molar-refractivity contribution >= 4 is 23.9 Å². The van der Waals surface area contributed by atoms with E-state index in [4.69, 9.17) is 18.9 Å². The van der Waals surface area contributed by atoms with E-state index in [1.54, 1.807) is 0 Å². The summed E-state index contributed by atoms with van der Waals surface area (Å²) in [6.07, 6.45) is 38.6. The Balaban J connectivity index is 4.16. The van der Waals surface area contributed by atoms with Gasteiger partial charge in [-0.2, -0.15) is 0 Å². The second-order valence-corrected chi connectivity index (χ2v) is 18.0. The molecule has 0 aliphatic rings. The maximum atomic E-state index is 12.7. The van der Waals surface area contributed by atoms with E-state index >= 15 is 0 Å². The van der Waals surface area contributed by atoms with Crippen LogP contribution in [0.5, 0.6) is 0 Å². The fourth-order valence-electron chi connectivity index (χ4n) is 7.77. The number of hydrogen-bond acceptors (Lipinski definition) is 9. The Labute approximate surface area is 375 Å². The molecule has 9 nitrogen and oxygen atoms in total. The Morgan fingerprint density at radius 1 is 0.344 bits per heavy atom. The van der Waals surface area contributed by atoms with E-state index in [2.05, 4.69) is 27.7 Å². The Bertz CT molecular complexity index is 985. The van der Waals surface area contributed by atoms with Gasteiger partial charge in [-0.1, -0.05) is 169 Å². The molecule has 1 N–H and O–H groups in total. The zero-order valence-corrected chi connectivity index (χ0v) is 40.4. The smallest absolute Gasteiger partial charge is 0.306 e. The highest BCUT2D eigenvalue weighted by Gasteiger charge is 2.17. The first-order valence-electron chi connectivity index (χ1n) is 26.1. The fraction of sp³-hybridized carbons (Fsp3) is 0.923. The standard InChI is InChI=1S/C52H98O9/c1-5-9-13-17-20-28-36-47(35-27-16-12-8-4)60-51(56)41-33-25-23-31-39-49(54)58-44-46(43-53)45-59-50(55)40-32-24-26-34-42-52(57)61-48(37-29-21-18-14-10-6-2)38-30-22-19-15-11-7-3/h46-48,53H,5-45H2,1-4H3. The molecule has 0 rings (SSSR count). The van der Waals surface area contributed by atoms with Crippen molar-refractivity contribution in [3.05, 3.63) is 0 Å². The Morgan fingerprint density at radius 2 is 0.590 bits per heavy atom. The van der Waals surface area contributed by atoms with Crippen LogP contribution >= 0.6 is 0 Å². The average Bonchev–Trinajstić information content (AvgIpc) is 3.25. The summed E-state index contributed by atoms with van der Waals surface area (Å²) in [5.74, 6) is -1.33. The number of carbonyl (C=O) groups excluding carboxylic acids is 4. The summed E-state index contributed by atoms with van der Waals surface area (Å²) < 4.78 is 22.6. The van der Waals surface area contributed by atoms with E-state index < -0.39 is 5.92 Å². The van der Waals surface area contributed by atoms with E-state index in [-0.39, 0.29) is 68.7 Å². The van der Waals surface area contributed by atoms with Gasteiger partial charge in [0.2, 0.25) is 0 Å². The van der Waals surface area contributed by atoms with Gasteiger partial charge in [0.05, 0.1) is 25.7 Å². The number of aliphatic hydroxyl groups is 1. The van der Waals surface area contributed by atoms with Gasteiger partial charge < -0.3 is 24.1 Å². The first-order chi connectivity index (χ1) is 29.8. The molecule has 0 radical (unpaired) electrons. The zero-order chi connectivity index (χ0) is 44.9.